The zero-order valence-corrected chi connectivity index (χ0v) is 22.4. The van der Waals surface area contributed by atoms with Crippen LogP contribution in [0.15, 0.2) is 66.7 Å². The van der Waals surface area contributed by atoms with Gasteiger partial charge in [0.2, 0.25) is 0 Å². The normalized spacial score (nSPS) is 21.4. The summed E-state index contributed by atoms with van der Waals surface area (Å²) in [7, 11) is 0. The summed E-state index contributed by atoms with van der Waals surface area (Å²) in [6.45, 7) is 6.13. The molecular formula is C28H29Cl2N3O5. The van der Waals surface area contributed by atoms with E-state index < -0.39 is 11.9 Å². The molecule has 0 unspecified atom stereocenters. The van der Waals surface area contributed by atoms with Crippen molar-refractivity contribution < 1.29 is 24.1 Å². The van der Waals surface area contributed by atoms with Crippen molar-refractivity contribution >= 4 is 46.4 Å². The summed E-state index contributed by atoms with van der Waals surface area (Å²) in [6.07, 6.45) is -1.29. The minimum Gasteiger partial charge on any atom is -0.491 e. The molecule has 1 amide bonds. The number of nitrogens with one attached hydrogen (secondary N) is 1. The van der Waals surface area contributed by atoms with Crippen LogP contribution in [-0.2, 0) is 15.3 Å². The molecule has 8 nitrogen and oxygen atoms in total. The molecule has 0 aromatic heterocycles. The maximum atomic E-state index is 10.8. The van der Waals surface area contributed by atoms with E-state index in [1.165, 1.54) is 0 Å². The van der Waals surface area contributed by atoms with Gasteiger partial charge in [0.1, 0.15) is 18.5 Å². The number of amides is 1. The Labute approximate surface area is 231 Å². The van der Waals surface area contributed by atoms with Crippen LogP contribution in [-0.4, -0.2) is 56.7 Å². The van der Waals surface area contributed by atoms with Crippen molar-refractivity contribution in [2.24, 2.45) is 0 Å². The molecule has 5 rings (SSSR count). The molecule has 2 saturated heterocycles. The summed E-state index contributed by atoms with van der Waals surface area (Å²) >= 11 is 12.4. The molecule has 200 valence electrons. The van der Waals surface area contributed by atoms with Crippen molar-refractivity contribution in [3.63, 3.8) is 0 Å². The molecule has 2 fully saturated rings. The molecule has 0 saturated carbocycles. The molecular weight excluding hydrogens is 529 g/mol. The van der Waals surface area contributed by atoms with E-state index in [1.54, 1.807) is 24.3 Å². The standard InChI is InChI=1S/C28H29Cl2N3O5/c1-28(25-11-2-19(29)16-26(25)30)37-18-24(38-28)17-36-23-9-7-22(8-10-23)33-14-12-32(13-15-33)21-5-3-20(4-6-21)31-27(34)35/h2-11,16,24,31H,12-15,17-18H2,1H3,(H,34,35)/t24-,28+/m1/s1. The third kappa shape index (κ3) is 6.10. The highest BCUT2D eigenvalue weighted by atomic mass is 35.5. The summed E-state index contributed by atoms with van der Waals surface area (Å²) in [5, 5.41) is 12.3. The first kappa shape index (κ1) is 26.4. The number of halogens is 2. The van der Waals surface area contributed by atoms with E-state index in [-0.39, 0.29) is 6.10 Å². The highest BCUT2D eigenvalue weighted by Gasteiger charge is 2.40. The van der Waals surface area contributed by atoms with Gasteiger partial charge in [-0.1, -0.05) is 29.3 Å². The third-order valence-corrected chi connectivity index (χ3v) is 7.31. The van der Waals surface area contributed by atoms with Gasteiger partial charge in [-0.25, -0.2) is 4.79 Å². The van der Waals surface area contributed by atoms with Gasteiger partial charge in [0.05, 0.1) is 11.6 Å². The first-order valence-corrected chi connectivity index (χ1v) is 13.1. The molecule has 3 aromatic carbocycles. The Morgan fingerprint density at radius 2 is 1.61 bits per heavy atom. The summed E-state index contributed by atoms with van der Waals surface area (Å²) < 4.78 is 18.1. The second-order valence-electron chi connectivity index (χ2n) is 9.38. The van der Waals surface area contributed by atoms with E-state index in [0.29, 0.717) is 28.9 Å². The average molecular weight is 558 g/mol. The van der Waals surface area contributed by atoms with Crippen molar-refractivity contribution in [1.82, 2.24) is 0 Å². The van der Waals surface area contributed by atoms with Crippen LogP contribution in [0.4, 0.5) is 21.9 Å². The van der Waals surface area contributed by atoms with Gasteiger partial charge in [-0.3, -0.25) is 5.32 Å². The Morgan fingerprint density at radius 1 is 1.00 bits per heavy atom. The Bertz CT molecular complexity index is 1270. The molecule has 2 heterocycles. The molecule has 2 N–H and O–H groups in total. The van der Waals surface area contributed by atoms with E-state index in [2.05, 4.69) is 27.2 Å². The number of ether oxygens (including phenoxy) is 3. The second kappa shape index (κ2) is 11.3. The van der Waals surface area contributed by atoms with Gasteiger partial charge in [-0.15, -0.1) is 0 Å². The predicted octanol–water partition coefficient (Wildman–Crippen LogP) is 6.08. The van der Waals surface area contributed by atoms with Crippen LogP contribution in [0.5, 0.6) is 5.75 Å². The molecule has 10 heteroatoms. The van der Waals surface area contributed by atoms with E-state index in [0.717, 1.165) is 48.9 Å². The highest BCUT2D eigenvalue weighted by Crippen LogP contribution is 2.38. The Balaban J connectivity index is 1.10. The maximum Gasteiger partial charge on any atom is 0.409 e. The molecule has 0 spiro atoms. The monoisotopic (exact) mass is 557 g/mol. The highest BCUT2D eigenvalue weighted by molar-refractivity contribution is 6.35. The van der Waals surface area contributed by atoms with Crippen molar-refractivity contribution in [3.8, 4) is 5.75 Å². The molecule has 0 radical (unpaired) electrons. The lowest BCUT2D eigenvalue weighted by molar-refractivity contribution is -0.164. The van der Waals surface area contributed by atoms with E-state index in [1.807, 2.05) is 37.3 Å². The van der Waals surface area contributed by atoms with Crippen LogP contribution in [0.1, 0.15) is 12.5 Å². The number of piperazine rings is 1. The summed E-state index contributed by atoms with van der Waals surface area (Å²) in [5.74, 6) is -0.178. The van der Waals surface area contributed by atoms with Crippen LogP contribution >= 0.6 is 23.2 Å². The fraction of sp³-hybridized carbons (Fsp3) is 0.321. The average Bonchev–Trinajstić information content (AvgIpc) is 3.29. The Morgan fingerprint density at radius 3 is 2.18 bits per heavy atom. The van der Waals surface area contributed by atoms with Crippen LogP contribution in [0.2, 0.25) is 10.0 Å². The summed E-state index contributed by atoms with van der Waals surface area (Å²) in [4.78, 5) is 15.4. The molecule has 0 bridgehead atoms. The number of benzene rings is 3. The van der Waals surface area contributed by atoms with Crippen LogP contribution in [0, 0.1) is 0 Å². The predicted molar refractivity (Wildman–Crippen MR) is 149 cm³/mol. The minimum absolute atomic E-state index is 0.228. The van der Waals surface area contributed by atoms with Crippen LogP contribution < -0.4 is 19.9 Å². The Hall–Kier alpha value is -3.17. The molecule has 2 aliphatic rings. The maximum absolute atomic E-state index is 10.8. The fourth-order valence-electron chi connectivity index (χ4n) is 4.76. The van der Waals surface area contributed by atoms with Gasteiger partial charge in [-0.2, -0.15) is 0 Å². The number of hydrogen-bond donors (Lipinski definition) is 2. The van der Waals surface area contributed by atoms with E-state index in [9.17, 15) is 4.79 Å². The van der Waals surface area contributed by atoms with Gasteiger partial charge >= 0.3 is 6.09 Å². The smallest absolute Gasteiger partial charge is 0.409 e. The van der Waals surface area contributed by atoms with Crippen LogP contribution in [0.25, 0.3) is 0 Å². The van der Waals surface area contributed by atoms with Gasteiger partial charge in [0, 0.05) is 53.8 Å². The first-order valence-electron chi connectivity index (χ1n) is 12.4. The van der Waals surface area contributed by atoms with Gasteiger partial charge in [0.15, 0.2) is 5.79 Å². The zero-order valence-electron chi connectivity index (χ0n) is 20.9. The lowest BCUT2D eigenvalue weighted by Gasteiger charge is -2.37. The topological polar surface area (TPSA) is 83.5 Å². The zero-order chi connectivity index (χ0) is 26.7. The number of nitrogens with zero attached hydrogens (tertiary/aromatic N) is 2. The molecule has 0 aliphatic carbocycles. The lowest BCUT2D eigenvalue weighted by Crippen LogP contribution is -2.46. The van der Waals surface area contributed by atoms with Crippen molar-refractivity contribution in [2.45, 2.75) is 18.8 Å². The molecule has 2 aliphatic heterocycles. The van der Waals surface area contributed by atoms with Crippen molar-refractivity contribution in [3.05, 3.63) is 82.3 Å². The van der Waals surface area contributed by atoms with Crippen molar-refractivity contribution in [1.29, 1.82) is 0 Å². The van der Waals surface area contributed by atoms with E-state index >= 15 is 0 Å². The summed E-state index contributed by atoms with van der Waals surface area (Å²) in [5.41, 5.74) is 3.53. The SMILES string of the molecule is C[C@]1(c2ccc(Cl)cc2Cl)OC[C@@H](COc2ccc(N3CCN(c4ccc(NC(=O)O)cc4)CC3)cc2)O1. The molecule has 38 heavy (non-hydrogen) atoms. The van der Waals surface area contributed by atoms with E-state index in [4.69, 9.17) is 42.5 Å². The van der Waals surface area contributed by atoms with Crippen LogP contribution in [0.3, 0.4) is 0 Å². The third-order valence-electron chi connectivity index (χ3n) is 6.76. The number of carbonyl (C=O) groups is 1. The fourth-order valence-corrected chi connectivity index (χ4v) is 5.34. The van der Waals surface area contributed by atoms with Gasteiger partial charge in [0.25, 0.3) is 0 Å². The second-order valence-corrected chi connectivity index (χ2v) is 10.2. The number of anilines is 3. The number of hydrogen-bond acceptors (Lipinski definition) is 6. The first-order chi connectivity index (χ1) is 18.3. The number of rotatable bonds is 7. The Kier molecular flexibility index (Phi) is 7.85. The quantitative estimate of drug-likeness (QED) is 0.364. The molecule has 3 aromatic rings. The largest absolute Gasteiger partial charge is 0.491 e. The minimum atomic E-state index is -1.06. The van der Waals surface area contributed by atoms with Gasteiger partial charge in [-0.05, 0) is 67.6 Å². The lowest BCUT2D eigenvalue weighted by atomic mass is 10.1. The molecule has 2 atom stereocenters. The van der Waals surface area contributed by atoms with Gasteiger partial charge < -0.3 is 29.1 Å². The number of carboxylic acid groups (broad SMARTS) is 1. The van der Waals surface area contributed by atoms with Crippen molar-refractivity contribution in [2.75, 3.05) is 54.5 Å². The summed E-state index contributed by atoms with van der Waals surface area (Å²) in [6, 6.07) is 20.8.